The number of halogens is 1. The Kier molecular flexibility index (Phi) is 3.88. The molecule has 148 valence electrons. The molecule has 0 radical (unpaired) electrons. The van der Waals surface area contributed by atoms with E-state index >= 15 is 0 Å². The van der Waals surface area contributed by atoms with Crippen LogP contribution < -0.4 is 11.1 Å². The van der Waals surface area contributed by atoms with Crippen molar-refractivity contribution in [2.24, 2.45) is 10.7 Å². The van der Waals surface area contributed by atoms with Gasteiger partial charge in [-0.2, -0.15) is 0 Å². The third-order valence-electron chi connectivity index (χ3n) is 4.13. The van der Waals surface area contributed by atoms with Crippen molar-refractivity contribution in [2.75, 3.05) is 18.0 Å². The second-order valence-electron chi connectivity index (χ2n) is 6.46. The molecule has 1 aliphatic rings. The first-order valence-corrected chi connectivity index (χ1v) is 9.62. The first-order chi connectivity index (χ1) is 14.2. The molecule has 9 nitrogen and oxygen atoms in total. The van der Waals surface area contributed by atoms with E-state index in [1.54, 1.807) is 6.92 Å². The number of amides is 1. The minimum absolute atomic E-state index is 0.0264. The third-order valence-corrected chi connectivity index (χ3v) is 5.80. The van der Waals surface area contributed by atoms with E-state index in [0.29, 0.717) is 5.69 Å². The smallest absolute Gasteiger partial charge is 0.275 e. The lowest BCUT2D eigenvalue weighted by molar-refractivity contribution is 0.102. The molecule has 2 aromatic rings. The van der Waals surface area contributed by atoms with Crippen LogP contribution in [-0.4, -0.2) is 47.3 Å². The van der Waals surface area contributed by atoms with Crippen molar-refractivity contribution in [3.8, 4) is 0 Å². The number of rotatable bonds is 3. The summed E-state index contributed by atoms with van der Waals surface area (Å²) in [4.78, 5) is 24.3. The fourth-order valence-electron chi connectivity index (χ4n) is 2.75. The minimum Gasteiger partial charge on any atom is -0.369 e. The Labute approximate surface area is 165 Å². The third kappa shape index (κ3) is 3.65. The number of nitrogens with zero attached hydrogens (tertiary/aromatic N) is 4. The highest BCUT2D eigenvalue weighted by molar-refractivity contribution is 7.89. The predicted molar refractivity (Wildman–Crippen MR) is 102 cm³/mol. The number of hydrogen-bond acceptors (Lipinski definition) is 7. The molecule has 0 saturated carbocycles. The topological polar surface area (TPSA) is 131 Å². The van der Waals surface area contributed by atoms with Gasteiger partial charge < -0.3 is 11.1 Å². The zero-order valence-corrected chi connectivity index (χ0v) is 15.8. The van der Waals surface area contributed by atoms with Gasteiger partial charge in [0.2, 0.25) is 16.0 Å². The highest BCUT2D eigenvalue weighted by Gasteiger charge is 2.41. The van der Waals surface area contributed by atoms with E-state index < -0.39 is 46.0 Å². The monoisotopic (exact) mass is 409 g/mol. The average molecular weight is 409 g/mol. The van der Waals surface area contributed by atoms with Crippen molar-refractivity contribution in [1.82, 2.24) is 14.3 Å². The molecule has 0 aliphatic carbocycles. The summed E-state index contributed by atoms with van der Waals surface area (Å²) < 4.78 is 62.1. The van der Waals surface area contributed by atoms with Crippen molar-refractivity contribution >= 4 is 27.6 Å². The Balaban J connectivity index is 1.99. The number of aromatic nitrogens is 2. The Hall–Kier alpha value is -3.08. The number of nitrogens with two attached hydrogens (primary N) is 1. The number of carbonyl (C=O) groups excluding carboxylic acids is 1. The number of benzene rings is 1. The molecule has 3 rings (SSSR count). The Morgan fingerprint density at radius 2 is 2.14 bits per heavy atom. The molecule has 1 amide bonds. The molecule has 28 heavy (non-hydrogen) atoms. The molecule has 0 fully saturated rings. The Morgan fingerprint density at radius 1 is 1.39 bits per heavy atom. The van der Waals surface area contributed by atoms with Gasteiger partial charge in [-0.1, -0.05) is 0 Å². The van der Waals surface area contributed by atoms with Crippen LogP contribution in [0.15, 0.2) is 35.6 Å². The molecule has 1 aromatic heterocycles. The van der Waals surface area contributed by atoms with Gasteiger partial charge in [0.1, 0.15) is 17.1 Å². The zero-order valence-electron chi connectivity index (χ0n) is 18.0. The lowest BCUT2D eigenvalue weighted by Crippen LogP contribution is -2.50. The molecule has 0 spiro atoms. The number of guanidine groups is 1. The number of hydrogen-bond donors (Lipinski definition) is 2. The second kappa shape index (κ2) is 6.82. The summed E-state index contributed by atoms with van der Waals surface area (Å²) in [5.41, 5.74) is 4.53. The quantitative estimate of drug-likeness (QED) is 0.777. The van der Waals surface area contributed by atoms with Crippen LogP contribution in [0.25, 0.3) is 0 Å². The number of sulfonamides is 1. The van der Waals surface area contributed by atoms with Crippen molar-refractivity contribution in [1.29, 1.82) is 0 Å². The summed E-state index contributed by atoms with van der Waals surface area (Å²) in [7, 11) is -4.44. The van der Waals surface area contributed by atoms with E-state index in [9.17, 15) is 17.6 Å². The molecule has 1 aromatic carbocycles. The summed E-state index contributed by atoms with van der Waals surface area (Å²) in [5, 5.41) is 2.53. The fourth-order valence-corrected chi connectivity index (χ4v) is 4.14. The summed E-state index contributed by atoms with van der Waals surface area (Å²) in [5.74, 6) is -3.03. The van der Waals surface area contributed by atoms with Gasteiger partial charge in [0.25, 0.3) is 5.91 Å². The predicted octanol–water partition coefficient (Wildman–Crippen LogP) is 0.982. The van der Waals surface area contributed by atoms with E-state index in [1.165, 1.54) is 31.5 Å². The van der Waals surface area contributed by atoms with Crippen LogP contribution >= 0.6 is 0 Å². The standard InChI is InChI=1S/C17H19FN6O3S/c1-10-7-21-14(8-20-10)15(25)22-11-4-5-13(18)12(6-11)17(2)9-28(26,27)24(3)16(19)23-17/h4-8H,9H2,1-3H3,(H2,19,23)(H,22,25)/t17-/m0/s1/i3D3. The van der Waals surface area contributed by atoms with Crippen LogP contribution in [-0.2, 0) is 15.6 Å². The number of anilines is 1. The van der Waals surface area contributed by atoms with Gasteiger partial charge in [-0.15, -0.1) is 0 Å². The number of nitrogens with one attached hydrogen (secondary N) is 1. The fraction of sp³-hybridized carbons (Fsp3) is 0.294. The van der Waals surface area contributed by atoms with Crippen molar-refractivity contribution in [2.45, 2.75) is 19.4 Å². The van der Waals surface area contributed by atoms with E-state index in [4.69, 9.17) is 9.85 Å². The number of aliphatic imine (C=N–C) groups is 1. The highest BCUT2D eigenvalue weighted by atomic mass is 32.2. The van der Waals surface area contributed by atoms with Gasteiger partial charge in [-0.3, -0.25) is 9.78 Å². The van der Waals surface area contributed by atoms with Gasteiger partial charge in [0, 0.05) is 28.5 Å². The molecule has 1 atom stereocenters. The second-order valence-corrected chi connectivity index (χ2v) is 8.27. The molecular formula is C17H19FN6O3S. The molecule has 0 saturated heterocycles. The van der Waals surface area contributed by atoms with E-state index in [-0.39, 0.29) is 21.2 Å². The molecule has 1 aliphatic heterocycles. The summed E-state index contributed by atoms with van der Waals surface area (Å²) >= 11 is 0. The first-order valence-electron chi connectivity index (χ1n) is 9.51. The van der Waals surface area contributed by atoms with Crippen molar-refractivity contribution in [3.05, 3.63) is 53.4 Å². The Morgan fingerprint density at radius 3 is 2.75 bits per heavy atom. The van der Waals surface area contributed by atoms with E-state index in [2.05, 4.69) is 20.3 Å². The van der Waals surface area contributed by atoms with Gasteiger partial charge in [-0.25, -0.2) is 27.1 Å². The molecule has 0 bridgehead atoms. The lowest BCUT2D eigenvalue weighted by Gasteiger charge is -2.34. The Bertz CT molecular complexity index is 1170. The van der Waals surface area contributed by atoms with Crippen molar-refractivity contribution < 1.29 is 21.7 Å². The van der Waals surface area contributed by atoms with Crippen LogP contribution in [0.3, 0.4) is 0 Å². The largest absolute Gasteiger partial charge is 0.369 e. The van der Waals surface area contributed by atoms with Crippen LogP contribution in [0.1, 0.15) is 32.8 Å². The van der Waals surface area contributed by atoms with Gasteiger partial charge in [0.05, 0.1) is 17.6 Å². The zero-order chi connectivity index (χ0) is 23.2. The summed E-state index contributed by atoms with van der Waals surface area (Å²) in [6.45, 7) is -0.0552. The van der Waals surface area contributed by atoms with E-state index in [0.717, 1.165) is 6.07 Å². The van der Waals surface area contributed by atoms with Crippen molar-refractivity contribution in [3.63, 3.8) is 0 Å². The maximum atomic E-state index is 14.6. The number of aryl methyl sites for hydroxylation is 1. The lowest BCUT2D eigenvalue weighted by atomic mass is 9.93. The average Bonchev–Trinajstić information content (AvgIpc) is 2.60. The highest BCUT2D eigenvalue weighted by Crippen LogP contribution is 2.34. The normalized spacial score (nSPS) is 23.2. The first kappa shape index (κ1) is 15.9. The maximum Gasteiger partial charge on any atom is 0.275 e. The van der Waals surface area contributed by atoms with Crippen LogP contribution in [0.5, 0.6) is 0 Å². The van der Waals surface area contributed by atoms with Gasteiger partial charge in [0.15, 0.2) is 0 Å². The van der Waals surface area contributed by atoms with Crippen LogP contribution in [0, 0.1) is 12.7 Å². The van der Waals surface area contributed by atoms with Crippen LogP contribution in [0.2, 0.25) is 0 Å². The van der Waals surface area contributed by atoms with E-state index in [1.807, 2.05) is 0 Å². The van der Waals surface area contributed by atoms with Gasteiger partial charge >= 0.3 is 0 Å². The molecule has 3 N–H and O–H groups in total. The van der Waals surface area contributed by atoms with Gasteiger partial charge in [-0.05, 0) is 32.0 Å². The summed E-state index contributed by atoms with van der Waals surface area (Å²) in [6.07, 6.45) is 2.69. The minimum atomic E-state index is -4.44. The SMILES string of the molecule is [2H]C([2H])([2H])N1C(N)=N[C@](C)(c2cc(NC(=O)c3cnc(C)cn3)ccc2F)CS1(=O)=O. The molecular weight excluding hydrogens is 387 g/mol. The summed E-state index contributed by atoms with van der Waals surface area (Å²) in [6, 6.07) is 3.53. The number of carbonyl (C=O) groups is 1. The molecule has 11 heteroatoms. The molecule has 0 unspecified atom stereocenters. The van der Waals surface area contributed by atoms with Crippen LogP contribution in [0.4, 0.5) is 10.1 Å². The maximum absolute atomic E-state index is 14.6. The molecule has 2 heterocycles.